The Balaban J connectivity index is 1.99. The molecule has 0 amide bonds. The average molecular weight is 266 g/mol. The van der Waals surface area contributed by atoms with Gasteiger partial charge in [-0.25, -0.2) is 4.98 Å². The van der Waals surface area contributed by atoms with Crippen LogP contribution in [0.15, 0.2) is 53.9 Å². The molecule has 19 heavy (non-hydrogen) atoms. The Bertz CT molecular complexity index is 702. The fraction of sp³-hybridized carbons (Fsp3) is 0.0625. The summed E-state index contributed by atoms with van der Waals surface area (Å²) in [6.45, 7) is 2.02. The molecule has 2 aromatic carbocycles. The predicted octanol–water partition coefficient (Wildman–Crippen LogP) is 4.37. The van der Waals surface area contributed by atoms with Crippen molar-refractivity contribution in [2.45, 2.75) is 6.92 Å². The number of nitrogen functional groups attached to an aromatic ring is 1. The van der Waals surface area contributed by atoms with Crippen molar-refractivity contribution in [2.75, 3.05) is 5.73 Å². The first-order chi connectivity index (χ1) is 9.24. The highest BCUT2D eigenvalue weighted by molar-refractivity contribution is 7.13. The monoisotopic (exact) mass is 266 g/mol. The molecular formula is C16H14N2S. The average Bonchev–Trinajstić information content (AvgIpc) is 2.93. The Hall–Kier alpha value is -2.13. The van der Waals surface area contributed by atoms with Crippen LogP contribution >= 0.6 is 11.3 Å². The molecule has 0 saturated heterocycles. The SMILES string of the molecule is Cc1cc(-c2nc(-c3ccccc3)cs2)ccc1N. The maximum Gasteiger partial charge on any atom is 0.124 e. The lowest BCUT2D eigenvalue weighted by atomic mass is 10.1. The lowest BCUT2D eigenvalue weighted by molar-refractivity contribution is 1.39. The van der Waals surface area contributed by atoms with E-state index in [4.69, 9.17) is 10.7 Å². The number of thiazole rings is 1. The summed E-state index contributed by atoms with van der Waals surface area (Å²) in [5.74, 6) is 0. The molecule has 3 rings (SSSR count). The van der Waals surface area contributed by atoms with Crippen LogP contribution in [-0.4, -0.2) is 4.98 Å². The molecule has 0 bridgehead atoms. The van der Waals surface area contributed by atoms with Gasteiger partial charge >= 0.3 is 0 Å². The highest BCUT2D eigenvalue weighted by atomic mass is 32.1. The van der Waals surface area contributed by atoms with Crippen molar-refractivity contribution < 1.29 is 0 Å². The van der Waals surface area contributed by atoms with Crippen LogP contribution in [0.3, 0.4) is 0 Å². The second kappa shape index (κ2) is 4.86. The maximum absolute atomic E-state index is 5.85. The number of hydrogen-bond donors (Lipinski definition) is 1. The summed E-state index contributed by atoms with van der Waals surface area (Å²) in [5, 5.41) is 3.12. The predicted molar refractivity (Wildman–Crippen MR) is 82.1 cm³/mol. The molecule has 2 N–H and O–H groups in total. The van der Waals surface area contributed by atoms with Gasteiger partial charge in [-0.1, -0.05) is 30.3 Å². The molecule has 3 heteroatoms. The van der Waals surface area contributed by atoms with Gasteiger partial charge in [-0.15, -0.1) is 11.3 Å². The zero-order chi connectivity index (χ0) is 13.2. The van der Waals surface area contributed by atoms with E-state index >= 15 is 0 Å². The molecule has 0 aliphatic rings. The Morgan fingerprint density at radius 1 is 1.00 bits per heavy atom. The van der Waals surface area contributed by atoms with Gasteiger partial charge in [-0.3, -0.25) is 0 Å². The first kappa shape index (κ1) is 11.9. The van der Waals surface area contributed by atoms with Gasteiger partial charge in [0.15, 0.2) is 0 Å². The number of nitrogens with zero attached hydrogens (tertiary/aromatic N) is 1. The first-order valence-corrected chi connectivity index (χ1v) is 6.99. The van der Waals surface area contributed by atoms with E-state index in [9.17, 15) is 0 Å². The highest BCUT2D eigenvalue weighted by Gasteiger charge is 2.07. The van der Waals surface area contributed by atoms with Crippen molar-refractivity contribution in [1.82, 2.24) is 4.98 Å². The third-order valence-corrected chi connectivity index (χ3v) is 3.98. The minimum Gasteiger partial charge on any atom is -0.399 e. The summed E-state index contributed by atoms with van der Waals surface area (Å²) in [6.07, 6.45) is 0. The van der Waals surface area contributed by atoms with Crippen LogP contribution in [0.1, 0.15) is 5.56 Å². The van der Waals surface area contributed by atoms with Crippen molar-refractivity contribution >= 4 is 17.0 Å². The summed E-state index contributed by atoms with van der Waals surface area (Å²) in [5.41, 5.74) is 11.1. The van der Waals surface area contributed by atoms with Crippen molar-refractivity contribution in [3.63, 3.8) is 0 Å². The molecule has 0 saturated carbocycles. The van der Waals surface area contributed by atoms with Gasteiger partial charge in [0.05, 0.1) is 5.69 Å². The number of rotatable bonds is 2. The van der Waals surface area contributed by atoms with Crippen LogP contribution in [0.2, 0.25) is 0 Å². The van der Waals surface area contributed by atoms with Gasteiger partial charge < -0.3 is 5.73 Å². The fourth-order valence-electron chi connectivity index (χ4n) is 1.96. The molecular weight excluding hydrogens is 252 g/mol. The Labute approximate surface area is 116 Å². The van der Waals surface area contributed by atoms with Crippen LogP contribution < -0.4 is 5.73 Å². The van der Waals surface area contributed by atoms with Gasteiger partial charge in [0.1, 0.15) is 5.01 Å². The van der Waals surface area contributed by atoms with E-state index in [1.807, 2.05) is 37.3 Å². The zero-order valence-corrected chi connectivity index (χ0v) is 11.4. The maximum atomic E-state index is 5.85. The van der Waals surface area contributed by atoms with E-state index in [1.54, 1.807) is 11.3 Å². The minimum atomic E-state index is 0.823. The largest absolute Gasteiger partial charge is 0.399 e. The molecule has 3 aromatic rings. The van der Waals surface area contributed by atoms with Crippen LogP contribution in [0.4, 0.5) is 5.69 Å². The molecule has 1 heterocycles. The van der Waals surface area contributed by atoms with Crippen LogP contribution in [0.25, 0.3) is 21.8 Å². The van der Waals surface area contributed by atoms with E-state index < -0.39 is 0 Å². The Kier molecular flexibility index (Phi) is 3.05. The smallest absolute Gasteiger partial charge is 0.124 e. The second-order valence-electron chi connectivity index (χ2n) is 4.48. The first-order valence-electron chi connectivity index (χ1n) is 6.11. The van der Waals surface area contributed by atoms with Crippen molar-refractivity contribution in [1.29, 1.82) is 0 Å². The molecule has 94 valence electrons. The normalized spacial score (nSPS) is 10.6. The zero-order valence-electron chi connectivity index (χ0n) is 10.6. The standard InChI is InChI=1S/C16H14N2S/c1-11-9-13(7-8-14(11)17)16-18-15(10-19-16)12-5-3-2-4-6-12/h2-10H,17H2,1H3. The van der Waals surface area contributed by atoms with Gasteiger partial charge in [-0.05, 0) is 30.7 Å². The van der Waals surface area contributed by atoms with E-state index in [0.29, 0.717) is 0 Å². The summed E-state index contributed by atoms with van der Waals surface area (Å²) >= 11 is 1.66. The molecule has 0 aliphatic carbocycles. The molecule has 2 nitrogen and oxygen atoms in total. The van der Waals surface area contributed by atoms with Crippen LogP contribution in [-0.2, 0) is 0 Å². The number of aromatic nitrogens is 1. The van der Waals surface area contributed by atoms with Crippen molar-refractivity contribution in [2.24, 2.45) is 0 Å². The van der Waals surface area contributed by atoms with Crippen molar-refractivity contribution in [3.8, 4) is 21.8 Å². The Morgan fingerprint density at radius 2 is 1.79 bits per heavy atom. The van der Waals surface area contributed by atoms with Gasteiger partial charge in [0, 0.05) is 22.2 Å². The molecule has 0 atom stereocenters. The summed E-state index contributed by atoms with van der Waals surface area (Å²) in [6, 6.07) is 16.3. The van der Waals surface area contributed by atoms with E-state index in [2.05, 4.69) is 23.6 Å². The molecule has 0 unspecified atom stereocenters. The Morgan fingerprint density at radius 3 is 2.53 bits per heavy atom. The van der Waals surface area contributed by atoms with E-state index in [0.717, 1.165) is 33.1 Å². The van der Waals surface area contributed by atoms with E-state index in [-0.39, 0.29) is 0 Å². The third-order valence-electron chi connectivity index (χ3n) is 3.09. The third kappa shape index (κ3) is 2.37. The number of benzene rings is 2. The summed E-state index contributed by atoms with van der Waals surface area (Å²) in [7, 11) is 0. The minimum absolute atomic E-state index is 0.823. The fourth-order valence-corrected chi connectivity index (χ4v) is 2.78. The van der Waals surface area contributed by atoms with Gasteiger partial charge in [0.2, 0.25) is 0 Å². The molecule has 0 radical (unpaired) electrons. The highest BCUT2D eigenvalue weighted by Crippen LogP contribution is 2.30. The molecule has 0 aliphatic heterocycles. The van der Waals surface area contributed by atoms with Gasteiger partial charge in [0.25, 0.3) is 0 Å². The molecule has 0 spiro atoms. The second-order valence-corrected chi connectivity index (χ2v) is 5.33. The lowest BCUT2D eigenvalue weighted by Crippen LogP contribution is -1.89. The number of aryl methyl sites for hydroxylation is 1. The topological polar surface area (TPSA) is 38.9 Å². The summed E-state index contributed by atoms with van der Waals surface area (Å²) in [4.78, 5) is 4.70. The van der Waals surface area contributed by atoms with E-state index in [1.165, 1.54) is 0 Å². The molecule has 1 aromatic heterocycles. The van der Waals surface area contributed by atoms with Crippen LogP contribution in [0, 0.1) is 6.92 Å². The summed E-state index contributed by atoms with van der Waals surface area (Å²) < 4.78 is 0. The molecule has 0 fully saturated rings. The van der Waals surface area contributed by atoms with Gasteiger partial charge in [-0.2, -0.15) is 0 Å². The number of hydrogen-bond acceptors (Lipinski definition) is 3. The number of anilines is 1. The number of nitrogens with two attached hydrogens (primary N) is 1. The quantitative estimate of drug-likeness (QED) is 0.700. The van der Waals surface area contributed by atoms with Crippen molar-refractivity contribution in [3.05, 3.63) is 59.5 Å². The van der Waals surface area contributed by atoms with Crippen LogP contribution in [0.5, 0.6) is 0 Å². The lowest BCUT2D eigenvalue weighted by Gasteiger charge is -2.02.